The number of ether oxygens (including phenoxy) is 1. The van der Waals surface area contributed by atoms with Gasteiger partial charge in [0.15, 0.2) is 17.3 Å². The van der Waals surface area contributed by atoms with Gasteiger partial charge in [-0.15, -0.1) is 0 Å². The lowest BCUT2D eigenvalue weighted by atomic mass is 10.1. The van der Waals surface area contributed by atoms with Crippen molar-refractivity contribution in [3.05, 3.63) is 35.8 Å². The number of rotatable bonds is 5. The molecule has 2 aromatic rings. The van der Waals surface area contributed by atoms with Crippen LogP contribution in [0.2, 0.25) is 0 Å². The van der Waals surface area contributed by atoms with Crippen molar-refractivity contribution in [1.29, 1.82) is 0 Å². The lowest BCUT2D eigenvalue weighted by Gasteiger charge is -2.04. The second-order valence-electron chi connectivity index (χ2n) is 4.36. The van der Waals surface area contributed by atoms with E-state index in [0.29, 0.717) is 17.0 Å². The van der Waals surface area contributed by atoms with Gasteiger partial charge in [0.2, 0.25) is 0 Å². The van der Waals surface area contributed by atoms with E-state index in [-0.39, 0.29) is 11.8 Å². The number of methoxy groups -OCH3 is 1. The summed E-state index contributed by atoms with van der Waals surface area (Å²) in [6.07, 6.45) is 1.79. The summed E-state index contributed by atoms with van der Waals surface area (Å²) in [7, 11) is 1.43. The van der Waals surface area contributed by atoms with Gasteiger partial charge in [-0.25, -0.2) is 4.39 Å². The Balaban J connectivity index is 2.25. The number of halogens is 1. The van der Waals surface area contributed by atoms with Gasteiger partial charge in [-0.3, -0.25) is 0 Å². The standard InChI is InChI=1S/C14H17FN2O2/c1-3-4-11(16)14-8-12(17-19-14)9-5-6-13(18-2)10(15)7-9/h5-8,11H,3-4,16H2,1-2H3. The van der Waals surface area contributed by atoms with E-state index < -0.39 is 5.82 Å². The number of nitrogens with zero attached hydrogens (tertiary/aromatic N) is 1. The highest BCUT2D eigenvalue weighted by Crippen LogP contribution is 2.27. The summed E-state index contributed by atoms with van der Waals surface area (Å²) >= 11 is 0. The van der Waals surface area contributed by atoms with Crippen molar-refractivity contribution in [3.63, 3.8) is 0 Å². The zero-order valence-electron chi connectivity index (χ0n) is 11.0. The Bertz CT molecular complexity index is 554. The van der Waals surface area contributed by atoms with Gasteiger partial charge in [0.1, 0.15) is 5.69 Å². The number of aromatic nitrogens is 1. The normalized spacial score (nSPS) is 12.4. The number of hydrogen-bond donors (Lipinski definition) is 1. The van der Waals surface area contributed by atoms with Gasteiger partial charge >= 0.3 is 0 Å². The molecule has 1 aromatic heterocycles. The lowest BCUT2D eigenvalue weighted by molar-refractivity contribution is 0.356. The van der Waals surface area contributed by atoms with Crippen LogP contribution in [0, 0.1) is 5.82 Å². The Morgan fingerprint density at radius 2 is 2.21 bits per heavy atom. The fourth-order valence-corrected chi connectivity index (χ4v) is 1.88. The van der Waals surface area contributed by atoms with Crippen molar-refractivity contribution in [1.82, 2.24) is 5.16 Å². The molecule has 5 heteroatoms. The SMILES string of the molecule is CCCC(N)c1cc(-c2ccc(OC)c(F)c2)no1. The van der Waals surface area contributed by atoms with E-state index in [1.54, 1.807) is 18.2 Å². The van der Waals surface area contributed by atoms with Gasteiger partial charge in [0, 0.05) is 11.6 Å². The van der Waals surface area contributed by atoms with Gasteiger partial charge < -0.3 is 15.0 Å². The van der Waals surface area contributed by atoms with E-state index in [1.165, 1.54) is 13.2 Å². The average Bonchev–Trinajstić information content (AvgIpc) is 2.88. The van der Waals surface area contributed by atoms with E-state index in [4.69, 9.17) is 15.0 Å². The number of nitrogens with two attached hydrogens (primary N) is 1. The van der Waals surface area contributed by atoms with Crippen molar-refractivity contribution < 1.29 is 13.7 Å². The molecule has 1 atom stereocenters. The third-order valence-electron chi connectivity index (χ3n) is 2.94. The molecule has 0 saturated carbocycles. The molecular weight excluding hydrogens is 247 g/mol. The van der Waals surface area contributed by atoms with Gasteiger partial charge in [0.05, 0.1) is 13.2 Å². The van der Waals surface area contributed by atoms with Crippen molar-refractivity contribution in [2.75, 3.05) is 7.11 Å². The maximum absolute atomic E-state index is 13.6. The Labute approximate surface area is 111 Å². The van der Waals surface area contributed by atoms with Gasteiger partial charge in [-0.05, 0) is 24.6 Å². The van der Waals surface area contributed by atoms with Crippen LogP contribution in [-0.4, -0.2) is 12.3 Å². The molecule has 0 amide bonds. The molecule has 0 aliphatic heterocycles. The Hall–Kier alpha value is -1.88. The predicted molar refractivity (Wildman–Crippen MR) is 70.3 cm³/mol. The molecule has 0 saturated heterocycles. The van der Waals surface area contributed by atoms with Crippen molar-refractivity contribution in [2.24, 2.45) is 5.73 Å². The summed E-state index contributed by atoms with van der Waals surface area (Å²) in [5.74, 6) is 0.394. The summed E-state index contributed by atoms with van der Waals surface area (Å²) in [6, 6.07) is 6.24. The van der Waals surface area contributed by atoms with E-state index in [9.17, 15) is 4.39 Å². The molecule has 1 aromatic carbocycles. The fourth-order valence-electron chi connectivity index (χ4n) is 1.88. The second kappa shape index (κ2) is 5.84. The maximum Gasteiger partial charge on any atom is 0.165 e. The molecule has 0 radical (unpaired) electrons. The number of benzene rings is 1. The summed E-state index contributed by atoms with van der Waals surface area (Å²) < 4.78 is 23.7. The molecule has 0 fully saturated rings. The van der Waals surface area contributed by atoms with Crippen LogP contribution in [0.15, 0.2) is 28.8 Å². The van der Waals surface area contributed by atoms with E-state index in [1.807, 2.05) is 0 Å². The average molecular weight is 264 g/mol. The fraction of sp³-hybridized carbons (Fsp3) is 0.357. The molecule has 4 nitrogen and oxygen atoms in total. The Morgan fingerprint density at radius 3 is 2.84 bits per heavy atom. The quantitative estimate of drug-likeness (QED) is 0.900. The summed E-state index contributed by atoms with van der Waals surface area (Å²) in [6.45, 7) is 2.05. The molecule has 0 spiro atoms. The highest BCUT2D eigenvalue weighted by atomic mass is 19.1. The molecule has 1 unspecified atom stereocenters. The topological polar surface area (TPSA) is 61.3 Å². The van der Waals surface area contributed by atoms with Crippen LogP contribution >= 0.6 is 0 Å². The van der Waals surface area contributed by atoms with Crippen molar-refractivity contribution in [3.8, 4) is 17.0 Å². The smallest absolute Gasteiger partial charge is 0.165 e. The first-order valence-electron chi connectivity index (χ1n) is 6.21. The van der Waals surface area contributed by atoms with E-state index >= 15 is 0 Å². The largest absolute Gasteiger partial charge is 0.494 e. The Kier molecular flexibility index (Phi) is 4.16. The minimum Gasteiger partial charge on any atom is -0.494 e. The van der Waals surface area contributed by atoms with Gasteiger partial charge in [-0.1, -0.05) is 18.5 Å². The maximum atomic E-state index is 13.6. The molecular formula is C14H17FN2O2. The van der Waals surface area contributed by atoms with E-state index in [2.05, 4.69) is 12.1 Å². The third-order valence-corrected chi connectivity index (χ3v) is 2.94. The molecule has 2 N–H and O–H groups in total. The molecule has 102 valence electrons. The first-order chi connectivity index (χ1) is 9.15. The van der Waals surface area contributed by atoms with Gasteiger partial charge in [-0.2, -0.15) is 0 Å². The van der Waals surface area contributed by atoms with Crippen LogP contribution < -0.4 is 10.5 Å². The molecule has 0 aliphatic rings. The zero-order chi connectivity index (χ0) is 13.8. The van der Waals surface area contributed by atoms with Crippen LogP contribution in [0.3, 0.4) is 0 Å². The molecule has 19 heavy (non-hydrogen) atoms. The van der Waals surface area contributed by atoms with Crippen LogP contribution in [0.4, 0.5) is 4.39 Å². The first kappa shape index (κ1) is 13.5. The Morgan fingerprint density at radius 1 is 1.42 bits per heavy atom. The van der Waals surface area contributed by atoms with Crippen molar-refractivity contribution >= 4 is 0 Å². The van der Waals surface area contributed by atoms with E-state index in [0.717, 1.165) is 12.8 Å². The zero-order valence-corrected chi connectivity index (χ0v) is 11.0. The monoisotopic (exact) mass is 264 g/mol. The van der Waals surface area contributed by atoms with Crippen LogP contribution in [0.25, 0.3) is 11.3 Å². The predicted octanol–water partition coefficient (Wildman–Crippen LogP) is 3.29. The highest BCUT2D eigenvalue weighted by Gasteiger charge is 2.14. The number of hydrogen-bond acceptors (Lipinski definition) is 4. The summed E-state index contributed by atoms with van der Waals surface area (Å²) in [5, 5.41) is 3.92. The molecule has 0 bridgehead atoms. The van der Waals surface area contributed by atoms with Crippen LogP contribution in [-0.2, 0) is 0 Å². The minimum absolute atomic E-state index is 0.172. The molecule has 2 rings (SSSR count). The summed E-state index contributed by atoms with van der Waals surface area (Å²) in [5.41, 5.74) is 7.15. The first-order valence-corrected chi connectivity index (χ1v) is 6.21. The molecule has 0 aliphatic carbocycles. The lowest BCUT2D eigenvalue weighted by Crippen LogP contribution is -2.08. The van der Waals surface area contributed by atoms with Crippen molar-refractivity contribution in [2.45, 2.75) is 25.8 Å². The van der Waals surface area contributed by atoms with Crippen LogP contribution in [0.1, 0.15) is 31.6 Å². The summed E-state index contributed by atoms with van der Waals surface area (Å²) in [4.78, 5) is 0. The highest BCUT2D eigenvalue weighted by molar-refractivity contribution is 5.60. The second-order valence-corrected chi connectivity index (χ2v) is 4.36. The third kappa shape index (κ3) is 2.93. The minimum atomic E-state index is -0.428. The van der Waals surface area contributed by atoms with Gasteiger partial charge in [0.25, 0.3) is 0 Å². The molecule has 1 heterocycles. The van der Waals surface area contributed by atoms with Crippen LogP contribution in [0.5, 0.6) is 5.75 Å².